The molecular weight excluding hydrogens is 354 g/mol. The van der Waals surface area contributed by atoms with Crippen LogP contribution in [-0.2, 0) is 10.0 Å². The quantitative estimate of drug-likeness (QED) is 0.801. The Hall–Kier alpha value is -1.08. The van der Waals surface area contributed by atoms with Crippen molar-refractivity contribution in [2.24, 2.45) is 4.99 Å². The fourth-order valence-corrected chi connectivity index (χ4v) is 4.44. The zero-order chi connectivity index (χ0) is 14.9. The lowest BCUT2D eigenvalue weighted by Crippen LogP contribution is -2.46. The first kappa shape index (κ1) is 14.8. The fourth-order valence-electron chi connectivity index (χ4n) is 2.73. The lowest BCUT2D eigenvalue weighted by molar-refractivity contribution is 0.321. The van der Waals surface area contributed by atoms with E-state index in [2.05, 4.69) is 25.8 Å². The molecule has 2 heterocycles. The van der Waals surface area contributed by atoms with Gasteiger partial charge in [0.1, 0.15) is 0 Å². The number of sulfonamides is 1. The number of rotatable bonds is 2. The van der Waals surface area contributed by atoms with Gasteiger partial charge in [0.15, 0.2) is 0 Å². The number of nitrogens with zero attached hydrogens (tertiary/aromatic N) is 3. The number of piperidine rings is 1. The van der Waals surface area contributed by atoms with E-state index in [0.29, 0.717) is 23.9 Å². The highest BCUT2D eigenvalue weighted by Crippen LogP contribution is 2.23. The number of benzene rings is 1. The van der Waals surface area contributed by atoms with E-state index in [-0.39, 0.29) is 0 Å². The molecule has 0 amide bonds. The summed E-state index contributed by atoms with van der Waals surface area (Å²) in [6, 6.07) is 6.76. The van der Waals surface area contributed by atoms with Crippen molar-refractivity contribution in [1.29, 1.82) is 0 Å². The lowest BCUT2D eigenvalue weighted by atomic mass is 10.1. The van der Waals surface area contributed by atoms with E-state index in [1.807, 2.05) is 0 Å². The first-order chi connectivity index (χ1) is 10.1. The molecule has 1 saturated heterocycles. The maximum absolute atomic E-state index is 12.8. The maximum Gasteiger partial charge on any atom is 0.266 e. The largest absolute Gasteiger partial charge is 0.342 e. The molecular formula is C14H18BrN3O2S. The van der Waals surface area contributed by atoms with E-state index < -0.39 is 10.0 Å². The van der Waals surface area contributed by atoms with Crippen LogP contribution in [0.25, 0.3) is 0 Å². The molecule has 0 radical (unpaired) electrons. The number of hydrogen-bond donors (Lipinski definition) is 0. The average molecular weight is 372 g/mol. The molecule has 0 aromatic heterocycles. The number of aliphatic imine (C=N–C) groups is 1. The molecule has 0 atom stereocenters. The van der Waals surface area contributed by atoms with Crippen molar-refractivity contribution in [1.82, 2.24) is 9.21 Å². The van der Waals surface area contributed by atoms with Gasteiger partial charge in [-0.1, -0.05) is 15.9 Å². The molecule has 1 aromatic rings. The van der Waals surface area contributed by atoms with Crippen LogP contribution in [-0.4, -0.2) is 49.8 Å². The minimum atomic E-state index is -3.51. The van der Waals surface area contributed by atoms with Gasteiger partial charge in [0.05, 0.1) is 18.0 Å². The summed E-state index contributed by atoms with van der Waals surface area (Å²) >= 11 is 3.33. The van der Waals surface area contributed by atoms with Crippen LogP contribution in [0.15, 0.2) is 38.6 Å². The molecule has 0 spiro atoms. The third-order valence-electron chi connectivity index (χ3n) is 3.82. The average Bonchev–Trinajstić information content (AvgIpc) is 2.99. The third kappa shape index (κ3) is 2.94. The van der Waals surface area contributed by atoms with Crippen LogP contribution < -0.4 is 0 Å². The molecule has 114 valence electrons. The Morgan fingerprint density at radius 3 is 2.33 bits per heavy atom. The Morgan fingerprint density at radius 1 is 1.00 bits per heavy atom. The lowest BCUT2D eigenvalue weighted by Gasteiger charge is -2.32. The van der Waals surface area contributed by atoms with Gasteiger partial charge in [-0.15, -0.1) is 0 Å². The van der Waals surface area contributed by atoms with Crippen molar-refractivity contribution >= 4 is 31.9 Å². The number of guanidine groups is 1. The van der Waals surface area contributed by atoms with Crippen molar-refractivity contribution in [3.05, 3.63) is 28.7 Å². The van der Waals surface area contributed by atoms with Crippen molar-refractivity contribution in [3.8, 4) is 0 Å². The van der Waals surface area contributed by atoms with Gasteiger partial charge in [-0.05, 0) is 43.5 Å². The molecule has 3 rings (SSSR count). The van der Waals surface area contributed by atoms with Gasteiger partial charge in [-0.25, -0.2) is 12.7 Å². The van der Waals surface area contributed by atoms with Crippen molar-refractivity contribution in [2.45, 2.75) is 24.2 Å². The highest BCUT2D eigenvalue weighted by atomic mass is 79.9. The second-order valence-electron chi connectivity index (χ2n) is 5.26. The van der Waals surface area contributed by atoms with Gasteiger partial charge >= 0.3 is 0 Å². The summed E-state index contributed by atoms with van der Waals surface area (Å²) in [6.45, 7) is 2.77. The number of likely N-dealkylation sites (tertiary alicyclic amines) is 1. The van der Waals surface area contributed by atoms with E-state index in [1.54, 1.807) is 24.3 Å². The number of hydrogen-bond acceptors (Lipinski definition) is 4. The summed E-state index contributed by atoms with van der Waals surface area (Å²) < 4.78 is 27.9. The topological polar surface area (TPSA) is 53.0 Å². The first-order valence-electron chi connectivity index (χ1n) is 7.17. The van der Waals surface area contributed by atoms with E-state index in [1.165, 1.54) is 10.7 Å². The molecule has 0 aliphatic carbocycles. The van der Waals surface area contributed by atoms with Gasteiger partial charge in [0.2, 0.25) is 5.96 Å². The SMILES string of the molecule is O=S(=O)(c1ccc(Br)cc1)N1CCN=C1N1CCCCC1. The summed E-state index contributed by atoms with van der Waals surface area (Å²) in [4.78, 5) is 6.85. The summed E-state index contributed by atoms with van der Waals surface area (Å²) in [5.41, 5.74) is 0. The van der Waals surface area contributed by atoms with E-state index in [9.17, 15) is 8.42 Å². The Kier molecular flexibility index (Phi) is 4.21. The molecule has 1 aromatic carbocycles. The summed E-state index contributed by atoms with van der Waals surface area (Å²) in [7, 11) is -3.51. The Labute approximate surface area is 133 Å². The molecule has 0 bridgehead atoms. The van der Waals surface area contributed by atoms with Crippen LogP contribution in [0.1, 0.15) is 19.3 Å². The van der Waals surface area contributed by atoms with Crippen molar-refractivity contribution in [3.63, 3.8) is 0 Å². The van der Waals surface area contributed by atoms with E-state index in [0.717, 1.165) is 30.4 Å². The predicted octanol–water partition coefficient (Wildman–Crippen LogP) is 2.30. The predicted molar refractivity (Wildman–Crippen MR) is 85.8 cm³/mol. The minimum Gasteiger partial charge on any atom is -0.342 e. The van der Waals surface area contributed by atoms with Crippen LogP contribution in [0.2, 0.25) is 0 Å². The molecule has 21 heavy (non-hydrogen) atoms. The van der Waals surface area contributed by atoms with E-state index >= 15 is 0 Å². The van der Waals surface area contributed by atoms with Crippen LogP contribution in [0.5, 0.6) is 0 Å². The van der Waals surface area contributed by atoms with Gasteiger partial charge in [-0.3, -0.25) is 4.99 Å². The third-order valence-corrected chi connectivity index (χ3v) is 6.14. The van der Waals surface area contributed by atoms with Crippen LogP contribution in [0.4, 0.5) is 0 Å². The maximum atomic E-state index is 12.8. The normalized spacial score (nSPS) is 19.8. The summed E-state index contributed by atoms with van der Waals surface area (Å²) in [6.07, 6.45) is 3.42. The van der Waals surface area contributed by atoms with Gasteiger partial charge in [0.25, 0.3) is 10.0 Å². The van der Waals surface area contributed by atoms with Gasteiger partial charge in [0, 0.05) is 17.6 Å². The Morgan fingerprint density at radius 2 is 1.67 bits per heavy atom. The summed E-state index contributed by atoms with van der Waals surface area (Å²) in [5, 5.41) is 0. The smallest absolute Gasteiger partial charge is 0.266 e. The zero-order valence-corrected chi connectivity index (χ0v) is 14.1. The zero-order valence-electron chi connectivity index (χ0n) is 11.7. The van der Waals surface area contributed by atoms with E-state index in [4.69, 9.17) is 0 Å². The summed E-state index contributed by atoms with van der Waals surface area (Å²) in [5.74, 6) is 0.623. The molecule has 5 nitrogen and oxygen atoms in total. The first-order valence-corrected chi connectivity index (χ1v) is 9.40. The number of halogens is 1. The second-order valence-corrected chi connectivity index (χ2v) is 8.04. The van der Waals surface area contributed by atoms with Crippen LogP contribution in [0, 0.1) is 0 Å². The molecule has 0 saturated carbocycles. The Bertz CT molecular complexity index is 637. The molecule has 2 aliphatic heterocycles. The molecule has 7 heteroatoms. The van der Waals surface area contributed by atoms with Gasteiger partial charge < -0.3 is 4.90 Å². The molecule has 0 unspecified atom stereocenters. The monoisotopic (exact) mass is 371 g/mol. The Balaban J connectivity index is 1.87. The highest BCUT2D eigenvalue weighted by molar-refractivity contribution is 9.10. The second kappa shape index (κ2) is 5.96. The van der Waals surface area contributed by atoms with Crippen LogP contribution >= 0.6 is 15.9 Å². The van der Waals surface area contributed by atoms with Crippen molar-refractivity contribution in [2.75, 3.05) is 26.2 Å². The standard InChI is InChI=1S/C14H18BrN3O2S/c15-12-4-6-13(7-5-12)21(19,20)18-11-8-16-14(18)17-9-2-1-3-10-17/h4-7H,1-3,8-11H2. The highest BCUT2D eigenvalue weighted by Gasteiger charge is 2.34. The van der Waals surface area contributed by atoms with Gasteiger partial charge in [-0.2, -0.15) is 0 Å². The molecule has 2 aliphatic rings. The molecule has 1 fully saturated rings. The van der Waals surface area contributed by atoms with Crippen LogP contribution in [0.3, 0.4) is 0 Å². The minimum absolute atomic E-state index is 0.317. The fraction of sp³-hybridized carbons (Fsp3) is 0.500. The van der Waals surface area contributed by atoms with Crippen molar-refractivity contribution < 1.29 is 8.42 Å². The molecule has 0 N–H and O–H groups in total.